The minimum absolute atomic E-state index is 0.0390. The van der Waals surface area contributed by atoms with E-state index in [2.05, 4.69) is 36.4 Å². The highest BCUT2D eigenvalue weighted by molar-refractivity contribution is 8.00. The van der Waals surface area contributed by atoms with Crippen molar-refractivity contribution in [3.63, 3.8) is 0 Å². The summed E-state index contributed by atoms with van der Waals surface area (Å²) in [6.07, 6.45) is 4.13. The maximum Gasteiger partial charge on any atom is 0.336 e. The second-order valence-electron chi connectivity index (χ2n) is 23.0. The molecule has 1 saturated carbocycles. The van der Waals surface area contributed by atoms with E-state index in [4.69, 9.17) is 13.9 Å². The van der Waals surface area contributed by atoms with Crippen LogP contribution < -0.4 is 45.2 Å². The van der Waals surface area contributed by atoms with Crippen LogP contribution in [0.15, 0.2) is 140 Å². The van der Waals surface area contributed by atoms with Gasteiger partial charge in [-0.25, -0.2) is 9.37 Å². The summed E-state index contributed by atoms with van der Waals surface area (Å²) in [5, 5.41) is 48.5. The highest BCUT2D eigenvalue weighted by atomic mass is 32.2. The van der Waals surface area contributed by atoms with E-state index in [9.17, 15) is 44.0 Å². The van der Waals surface area contributed by atoms with Crippen LogP contribution in [0.4, 0.5) is 39.8 Å². The SMILES string of the molecule is COc1cc(N=Nc2ccc([N+](=O)[O-])cc2)c(OC)cc1N=Nc1ccc(N(C)CCCC(=O)NCCSC2CC(=O)N(CC3CCC(C(=O)NCCCNC(=O)c4ccc(C(=O)O)c(-c5c6ccc(=[N+](C)C)cc-6oc6cc(N(C)C)ccc56)c4)CC3)C2=O)cc1. The van der Waals surface area contributed by atoms with Crippen LogP contribution in [0.2, 0.25) is 0 Å². The molecular weight excluding hydrogens is 1200 g/mol. The summed E-state index contributed by atoms with van der Waals surface area (Å²) in [5.41, 5.74) is 6.11. The number of amides is 5. The van der Waals surface area contributed by atoms with Gasteiger partial charge in [-0.15, -0.1) is 22.0 Å². The zero-order valence-electron chi connectivity index (χ0n) is 52.5. The van der Waals surface area contributed by atoms with Gasteiger partial charge in [-0.3, -0.25) is 39.0 Å². The molecule has 0 aromatic heterocycles. The Bertz CT molecular complexity index is 3990. The number of carboxylic acid groups (broad SMARTS) is 1. The second-order valence-corrected chi connectivity index (χ2v) is 24.3. The summed E-state index contributed by atoms with van der Waals surface area (Å²) in [6.45, 7) is 1.90. The zero-order chi connectivity index (χ0) is 65.6. The highest BCUT2D eigenvalue weighted by Crippen LogP contribution is 2.44. The molecule has 2 aliphatic heterocycles. The lowest BCUT2D eigenvalue weighted by atomic mass is 9.81. The fourth-order valence-electron chi connectivity index (χ4n) is 11.1. The van der Waals surface area contributed by atoms with E-state index in [1.165, 1.54) is 67.3 Å². The average molecular weight is 1270 g/mol. The first-order chi connectivity index (χ1) is 44.3. The Morgan fingerprint density at radius 2 is 1.39 bits per heavy atom. The van der Waals surface area contributed by atoms with Gasteiger partial charge < -0.3 is 44.7 Å². The van der Waals surface area contributed by atoms with Crippen molar-refractivity contribution < 1.29 is 52.7 Å². The topological polar surface area (TPSA) is 296 Å². The number of non-ortho nitro benzene ring substituents is 1. The summed E-state index contributed by atoms with van der Waals surface area (Å²) >= 11 is 1.37. The number of aromatic carboxylic acids is 1. The summed E-state index contributed by atoms with van der Waals surface area (Å²) in [7, 11) is 12.6. The van der Waals surface area contributed by atoms with Crippen molar-refractivity contribution in [1.82, 2.24) is 25.4 Å². The number of hydrogen-bond acceptors (Lipinski definition) is 18. The number of thioether (sulfide) groups is 1. The predicted octanol–water partition coefficient (Wildman–Crippen LogP) is 10.7. The molecule has 0 radical (unpaired) electrons. The molecule has 0 spiro atoms. The molecule has 1 saturated heterocycles. The number of nitrogens with zero attached hydrogens (tertiary/aromatic N) is 9. The van der Waals surface area contributed by atoms with Gasteiger partial charge in [0.2, 0.25) is 29.0 Å². The van der Waals surface area contributed by atoms with E-state index in [1.54, 1.807) is 18.2 Å². The van der Waals surface area contributed by atoms with Crippen LogP contribution in [0, 0.1) is 22.0 Å². The molecule has 4 N–H and O–H groups in total. The molecule has 5 aromatic carbocycles. The van der Waals surface area contributed by atoms with Gasteiger partial charge in [0.15, 0.2) is 0 Å². The molecule has 24 nitrogen and oxygen atoms in total. The van der Waals surface area contributed by atoms with Crippen molar-refractivity contribution in [2.75, 3.05) is 97.7 Å². The van der Waals surface area contributed by atoms with E-state index < -0.39 is 16.1 Å². The predicted molar refractivity (Wildman–Crippen MR) is 353 cm³/mol. The molecule has 2 aliphatic carbocycles. The van der Waals surface area contributed by atoms with E-state index in [-0.39, 0.29) is 71.2 Å². The second kappa shape index (κ2) is 30.6. The molecule has 92 heavy (non-hydrogen) atoms. The van der Waals surface area contributed by atoms with Crippen molar-refractivity contribution in [3.8, 4) is 33.9 Å². The van der Waals surface area contributed by atoms with Gasteiger partial charge in [0, 0.05) is 148 Å². The van der Waals surface area contributed by atoms with E-state index in [0.717, 1.165) is 16.7 Å². The number of carbonyl (C=O) groups is 6. The van der Waals surface area contributed by atoms with Gasteiger partial charge in [0.05, 0.1) is 47.4 Å². The molecule has 0 bridgehead atoms. The quantitative estimate of drug-likeness (QED) is 0.00708. The first-order valence-electron chi connectivity index (χ1n) is 30.3. The molecule has 1 unspecified atom stereocenters. The molecule has 1 atom stereocenters. The summed E-state index contributed by atoms with van der Waals surface area (Å²) in [5.74, 6) is -0.448. The maximum atomic E-state index is 13.6. The van der Waals surface area contributed by atoms with E-state index in [0.29, 0.717) is 145 Å². The van der Waals surface area contributed by atoms with Crippen LogP contribution in [0.25, 0.3) is 33.4 Å². The van der Waals surface area contributed by atoms with Crippen LogP contribution in [0.3, 0.4) is 0 Å². The maximum absolute atomic E-state index is 13.6. The van der Waals surface area contributed by atoms with Crippen LogP contribution in [-0.4, -0.2) is 144 Å². The van der Waals surface area contributed by atoms with Crippen molar-refractivity contribution in [1.29, 1.82) is 0 Å². The highest BCUT2D eigenvalue weighted by Gasteiger charge is 2.40. The molecule has 2 heterocycles. The largest absolute Gasteiger partial charge is 0.494 e. The van der Waals surface area contributed by atoms with Gasteiger partial charge in [-0.1, -0.05) is 0 Å². The third-order valence-electron chi connectivity index (χ3n) is 16.3. The first kappa shape index (κ1) is 66.4. The number of nitrogens with one attached hydrogen (secondary N) is 3. The molecular formula is C67H75N12O12S+. The summed E-state index contributed by atoms with van der Waals surface area (Å²) < 4.78 is 19.4. The summed E-state index contributed by atoms with van der Waals surface area (Å²) in [6, 6.07) is 32.4. The number of imide groups is 1. The number of carbonyl (C=O) groups excluding carboxylic acids is 5. The van der Waals surface area contributed by atoms with Gasteiger partial charge in [-0.05, 0) is 123 Å². The van der Waals surface area contributed by atoms with Crippen molar-refractivity contribution in [2.45, 2.75) is 56.6 Å². The third-order valence-corrected chi connectivity index (χ3v) is 17.5. The third kappa shape index (κ3) is 16.5. The number of likely N-dealkylation sites (tertiary alicyclic amines) is 1. The minimum atomic E-state index is -1.13. The minimum Gasteiger partial charge on any atom is -0.494 e. The standard InChI is InChI=1S/C67H74N12O12S/c1-75(2)48-24-27-51-56(35-48)91-57-36-49(76(3)4)25-28-52(57)63(51)53-34-43(15-26-50(53)67(85)86)65(83)70-30-9-29-69-64(82)42-13-11-41(12-14-42)40-78-62(81)39-60(66(78)84)92-33-31-68-61(80)10-8-32-77(5)46-20-16-44(17-21-46)71-73-54-37-59(90-7)55(38-58(54)89-6)74-72-45-18-22-47(23-19-45)79(87)88/h15-28,34-38,41-42,60H,8-14,29-33,39-40H2,1-7H3,(H3-,68,69,70,80,82,83,85,86)/p+1. The van der Waals surface area contributed by atoms with Crippen LogP contribution in [0.1, 0.15) is 72.1 Å². The van der Waals surface area contributed by atoms with Gasteiger partial charge in [0.1, 0.15) is 48.3 Å². The Hall–Kier alpha value is -10.0. The number of fused-ring (bicyclic) bond motifs is 2. The molecule has 25 heteroatoms. The molecule has 5 amide bonds. The Labute approximate surface area is 536 Å². The normalized spacial score (nSPS) is 15.7. The molecule has 480 valence electrons. The number of hydrogen-bond donors (Lipinski definition) is 4. The Kier molecular flexibility index (Phi) is 22.1. The molecule has 4 aliphatic rings. The molecule has 5 aromatic rings. The fourth-order valence-corrected chi connectivity index (χ4v) is 12.2. The number of methoxy groups -OCH3 is 2. The number of nitro benzene ring substituents is 1. The average Bonchev–Trinajstić information content (AvgIpc) is 0.897. The number of nitro groups is 1. The van der Waals surface area contributed by atoms with Crippen molar-refractivity contribution >= 4 is 98.0 Å². The molecule has 9 rings (SSSR count). The number of anilines is 2. The first-order valence-corrected chi connectivity index (χ1v) is 31.3. The van der Waals surface area contributed by atoms with E-state index >= 15 is 0 Å². The molecule has 2 fully saturated rings. The number of azo groups is 2. The summed E-state index contributed by atoms with van der Waals surface area (Å²) in [4.78, 5) is 94.8. The Morgan fingerprint density at radius 1 is 0.739 bits per heavy atom. The van der Waals surface area contributed by atoms with Gasteiger partial charge in [0.25, 0.3) is 11.6 Å². The monoisotopic (exact) mass is 1270 g/mol. The number of carboxylic acids is 1. The lowest BCUT2D eigenvalue weighted by molar-refractivity contribution is -0.384. The van der Waals surface area contributed by atoms with Crippen LogP contribution >= 0.6 is 11.8 Å². The smallest absolute Gasteiger partial charge is 0.336 e. The lowest BCUT2D eigenvalue weighted by Crippen LogP contribution is -2.39. The van der Waals surface area contributed by atoms with Crippen LogP contribution in [-0.2, 0) is 19.2 Å². The fraction of sp³-hybridized carbons (Fsp3) is 0.358. The van der Waals surface area contributed by atoms with Crippen molar-refractivity contribution in [3.05, 3.63) is 142 Å². The Balaban J connectivity index is 0.655. The van der Waals surface area contributed by atoms with E-state index in [1.807, 2.05) is 110 Å². The lowest BCUT2D eigenvalue weighted by Gasteiger charge is -2.30. The van der Waals surface area contributed by atoms with Crippen LogP contribution in [0.5, 0.6) is 11.5 Å². The van der Waals surface area contributed by atoms with Crippen molar-refractivity contribution in [2.24, 2.45) is 32.3 Å². The number of benzene rings is 6. The number of ether oxygens (including phenoxy) is 2. The Morgan fingerprint density at radius 3 is 2.02 bits per heavy atom. The van der Waals surface area contributed by atoms with Gasteiger partial charge in [-0.2, -0.15) is 10.2 Å². The number of rotatable bonds is 27. The van der Waals surface area contributed by atoms with Gasteiger partial charge >= 0.3 is 5.97 Å². The zero-order valence-corrected chi connectivity index (χ0v) is 53.3.